The molecule has 0 atom stereocenters. The first-order valence-electron chi connectivity index (χ1n) is 8.71. The molecule has 0 unspecified atom stereocenters. The molecule has 0 bridgehead atoms. The summed E-state index contributed by atoms with van der Waals surface area (Å²) in [5.74, 6) is 0.915. The summed E-state index contributed by atoms with van der Waals surface area (Å²) in [6.07, 6.45) is 0.824. The van der Waals surface area contributed by atoms with Gasteiger partial charge in [0.05, 0.1) is 0 Å². The molecule has 0 aliphatic carbocycles. The van der Waals surface area contributed by atoms with Crippen molar-refractivity contribution in [3.05, 3.63) is 82.3 Å². The van der Waals surface area contributed by atoms with E-state index in [1.54, 1.807) is 13.0 Å². The molecule has 2 N–H and O–H groups in total. The number of hydrogen-bond donors (Lipinski definition) is 2. The Morgan fingerprint density at radius 1 is 1.04 bits per heavy atom. The van der Waals surface area contributed by atoms with E-state index >= 15 is 0 Å². The fraction of sp³-hybridized carbons (Fsp3) is 0.190. The third-order valence-corrected chi connectivity index (χ3v) is 4.23. The van der Waals surface area contributed by atoms with E-state index in [-0.39, 0.29) is 5.91 Å². The minimum Gasteiger partial charge on any atom is -0.370 e. The number of halogens is 1. The second-order valence-corrected chi connectivity index (χ2v) is 6.75. The lowest BCUT2D eigenvalue weighted by atomic mass is 10.1. The lowest BCUT2D eigenvalue weighted by molar-refractivity contribution is 0.102. The number of nitrogens with one attached hydrogen (secondary N) is 2. The second-order valence-electron chi connectivity index (χ2n) is 6.31. The third kappa shape index (κ3) is 5.53. The molecular weight excluding hydrogens is 360 g/mol. The van der Waals surface area contributed by atoms with Crippen molar-refractivity contribution in [3.8, 4) is 0 Å². The fourth-order valence-corrected chi connectivity index (χ4v) is 2.80. The lowest BCUT2D eigenvalue weighted by Crippen LogP contribution is -2.16. The first-order valence-corrected chi connectivity index (χ1v) is 9.09. The molecule has 3 aromatic rings. The van der Waals surface area contributed by atoms with Crippen molar-refractivity contribution in [1.82, 2.24) is 9.97 Å². The maximum atomic E-state index is 12.5. The Balaban J connectivity index is 1.64. The predicted molar refractivity (Wildman–Crippen MR) is 110 cm³/mol. The van der Waals surface area contributed by atoms with Crippen LogP contribution in [0.25, 0.3) is 0 Å². The van der Waals surface area contributed by atoms with Gasteiger partial charge in [0.2, 0.25) is 0 Å². The van der Waals surface area contributed by atoms with Crippen molar-refractivity contribution in [3.63, 3.8) is 0 Å². The summed E-state index contributed by atoms with van der Waals surface area (Å²) in [6, 6.07) is 17.1. The van der Waals surface area contributed by atoms with E-state index < -0.39 is 0 Å². The molecule has 5 nitrogen and oxygen atoms in total. The molecule has 138 valence electrons. The molecule has 0 saturated carbocycles. The number of carbonyl (C=O) groups excluding carboxylic acids is 1. The summed E-state index contributed by atoms with van der Waals surface area (Å²) in [7, 11) is 0. The summed E-state index contributed by atoms with van der Waals surface area (Å²) in [6.45, 7) is 4.44. The number of nitrogens with zero attached hydrogens (tertiary/aromatic N) is 2. The molecule has 0 saturated heterocycles. The smallest absolute Gasteiger partial charge is 0.274 e. The van der Waals surface area contributed by atoms with Crippen LogP contribution in [0.3, 0.4) is 0 Å². The van der Waals surface area contributed by atoms with E-state index in [0.29, 0.717) is 23.9 Å². The van der Waals surface area contributed by atoms with Crippen molar-refractivity contribution >= 4 is 29.0 Å². The van der Waals surface area contributed by atoms with E-state index in [4.69, 9.17) is 11.6 Å². The molecule has 6 heteroatoms. The van der Waals surface area contributed by atoms with Crippen LogP contribution in [0, 0.1) is 13.8 Å². The Morgan fingerprint density at radius 2 is 1.81 bits per heavy atom. The van der Waals surface area contributed by atoms with Crippen LogP contribution in [-0.2, 0) is 6.42 Å². The zero-order valence-electron chi connectivity index (χ0n) is 15.3. The number of rotatable bonds is 6. The van der Waals surface area contributed by atoms with Gasteiger partial charge in [0.1, 0.15) is 17.3 Å². The summed E-state index contributed by atoms with van der Waals surface area (Å²) >= 11 is 5.90. The molecule has 0 fully saturated rings. The molecule has 1 aromatic heterocycles. The van der Waals surface area contributed by atoms with Gasteiger partial charge in [0, 0.05) is 23.3 Å². The van der Waals surface area contributed by atoms with E-state index in [1.165, 1.54) is 5.56 Å². The topological polar surface area (TPSA) is 66.9 Å². The Bertz CT molecular complexity index is 941. The van der Waals surface area contributed by atoms with Gasteiger partial charge in [0.25, 0.3) is 5.91 Å². The fourth-order valence-electron chi connectivity index (χ4n) is 2.68. The maximum Gasteiger partial charge on any atom is 0.274 e. The number of benzene rings is 2. The van der Waals surface area contributed by atoms with Crippen molar-refractivity contribution < 1.29 is 4.79 Å². The van der Waals surface area contributed by atoms with Crippen LogP contribution >= 0.6 is 11.6 Å². The summed E-state index contributed by atoms with van der Waals surface area (Å²) in [5.41, 5.74) is 3.33. The number of hydrogen-bond acceptors (Lipinski definition) is 4. The van der Waals surface area contributed by atoms with E-state index in [9.17, 15) is 4.79 Å². The standard InChI is InChI=1S/C21H21ClN4O/c1-14-4-3-5-18(12-14)26-21(27)19-13-20(25-15(2)24-19)23-11-10-16-6-8-17(22)9-7-16/h3-9,12-13H,10-11H2,1-2H3,(H,26,27)(H,23,24,25). The third-order valence-electron chi connectivity index (χ3n) is 3.98. The monoisotopic (exact) mass is 380 g/mol. The van der Waals surface area contributed by atoms with Gasteiger partial charge in [-0.2, -0.15) is 0 Å². The Hall–Kier alpha value is -2.92. The van der Waals surface area contributed by atoms with Gasteiger partial charge in [0.15, 0.2) is 0 Å². The molecule has 0 aliphatic heterocycles. The van der Waals surface area contributed by atoms with E-state index in [0.717, 1.165) is 22.7 Å². The van der Waals surface area contributed by atoms with Crippen LogP contribution in [0.5, 0.6) is 0 Å². The van der Waals surface area contributed by atoms with Gasteiger partial charge in [-0.15, -0.1) is 0 Å². The highest BCUT2D eigenvalue weighted by atomic mass is 35.5. The summed E-state index contributed by atoms with van der Waals surface area (Å²) < 4.78 is 0. The number of amides is 1. The van der Waals surface area contributed by atoms with Crippen LogP contribution in [0.4, 0.5) is 11.5 Å². The SMILES string of the molecule is Cc1cccc(NC(=O)c2cc(NCCc3ccc(Cl)cc3)nc(C)n2)c1. The minimum atomic E-state index is -0.258. The highest BCUT2D eigenvalue weighted by Gasteiger charge is 2.11. The molecule has 27 heavy (non-hydrogen) atoms. The van der Waals surface area contributed by atoms with Gasteiger partial charge >= 0.3 is 0 Å². The Morgan fingerprint density at radius 3 is 2.56 bits per heavy atom. The summed E-state index contributed by atoms with van der Waals surface area (Å²) in [5, 5.41) is 6.85. The second kappa shape index (κ2) is 8.64. The van der Waals surface area contributed by atoms with Crippen LogP contribution in [0.2, 0.25) is 5.02 Å². The average molecular weight is 381 g/mol. The number of aromatic nitrogens is 2. The summed E-state index contributed by atoms with van der Waals surface area (Å²) in [4.78, 5) is 21.1. The molecule has 3 rings (SSSR count). The van der Waals surface area contributed by atoms with Gasteiger partial charge < -0.3 is 10.6 Å². The van der Waals surface area contributed by atoms with Gasteiger partial charge in [-0.3, -0.25) is 4.79 Å². The lowest BCUT2D eigenvalue weighted by Gasteiger charge is -2.10. The Labute approximate surface area is 163 Å². The van der Waals surface area contributed by atoms with Gasteiger partial charge in [-0.25, -0.2) is 9.97 Å². The Kier molecular flexibility index (Phi) is 6.04. The zero-order chi connectivity index (χ0) is 19.2. The van der Waals surface area contributed by atoms with E-state index in [1.807, 2.05) is 55.5 Å². The molecular formula is C21H21ClN4O. The van der Waals surface area contributed by atoms with Crippen molar-refractivity contribution in [1.29, 1.82) is 0 Å². The predicted octanol–water partition coefficient (Wildman–Crippen LogP) is 4.65. The number of aryl methyl sites for hydroxylation is 2. The van der Waals surface area contributed by atoms with Gasteiger partial charge in [-0.05, 0) is 55.7 Å². The number of anilines is 2. The maximum absolute atomic E-state index is 12.5. The van der Waals surface area contributed by atoms with Crippen molar-refractivity contribution in [2.45, 2.75) is 20.3 Å². The average Bonchev–Trinajstić information content (AvgIpc) is 2.63. The first-order chi connectivity index (χ1) is 13.0. The van der Waals surface area contributed by atoms with Crippen LogP contribution < -0.4 is 10.6 Å². The van der Waals surface area contributed by atoms with Crippen LogP contribution in [0.15, 0.2) is 54.6 Å². The molecule has 0 spiro atoms. The normalized spacial score (nSPS) is 10.5. The highest BCUT2D eigenvalue weighted by Crippen LogP contribution is 2.14. The minimum absolute atomic E-state index is 0.258. The largest absolute Gasteiger partial charge is 0.370 e. The van der Waals surface area contributed by atoms with Crippen LogP contribution in [-0.4, -0.2) is 22.4 Å². The number of carbonyl (C=O) groups is 1. The molecule has 1 heterocycles. The zero-order valence-corrected chi connectivity index (χ0v) is 16.0. The molecule has 0 radical (unpaired) electrons. The highest BCUT2D eigenvalue weighted by molar-refractivity contribution is 6.30. The molecule has 1 amide bonds. The molecule has 2 aromatic carbocycles. The quantitative estimate of drug-likeness (QED) is 0.653. The van der Waals surface area contributed by atoms with Crippen molar-refractivity contribution in [2.75, 3.05) is 17.2 Å². The van der Waals surface area contributed by atoms with E-state index in [2.05, 4.69) is 20.6 Å². The van der Waals surface area contributed by atoms with Crippen molar-refractivity contribution in [2.24, 2.45) is 0 Å². The molecule has 0 aliphatic rings. The van der Waals surface area contributed by atoms with Gasteiger partial charge in [-0.1, -0.05) is 35.9 Å². The first kappa shape index (κ1) is 18.9. The van der Waals surface area contributed by atoms with Crippen LogP contribution in [0.1, 0.15) is 27.4 Å².